The van der Waals surface area contributed by atoms with Crippen molar-refractivity contribution in [2.45, 2.75) is 25.2 Å². The maximum absolute atomic E-state index is 13.8. The molecule has 1 aliphatic carbocycles. The summed E-state index contributed by atoms with van der Waals surface area (Å²) in [6, 6.07) is 20.8. The summed E-state index contributed by atoms with van der Waals surface area (Å²) >= 11 is 6.46. The first kappa shape index (κ1) is 21.9. The maximum Gasteiger partial charge on any atom is 0.237 e. The summed E-state index contributed by atoms with van der Waals surface area (Å²) in [6.07, 6.45) is -1.02. The van der Waals surface area contributed by atoms with E-state index in [1.54, 1.807) is 48.5 Å². The van der Waals surface area contributed by atoms with Crippen LogP contribution in [0, 0.1) is 18.8 Å². The van der Waals surface area contributed by atoms with Crippen molar-refractivity contribution in [3.63, 3.8) is 0 Å². The van der Waals surface area contributed by atoms with Crippen molar-refractivity contribution in [2.75, 3.05) is 0 Å². The van der Waals surface area contributed by atoms with Crippen molar-refractivity contribution in [1.82, 2.24) is 4.90 Å². The van der Waals surface area contributed by atoms with Crippen molar-refractivity contribution in [3.8, 4) is 0 Å². The van der Waals surface area contributed by atoms with Gasteiger partial charge in [0.05, 0.1) is 24.5 Å². The minimum absolute atomic E-state index is 0.0472. The number of fused-ring (bicyclic) bond motifs is 3. The van der Waals surface area contributed by atoms with E-state index >= 15 is 0 Å². The van der Waals surface area contributed by atoms with Crippen LogP contribution in [-0.2, 0) is 20.9 Å². The van der Waals surface area contributed by atoms with Crippen molar-refractivity contribution < 1.29 is 23.9 Å². The number of rotatable bonds is 3. The van der Waals surface area contributed by atoms with Gasteiger partial charge in [-0.05, 0) is 18.6 Å². The number of ketones is 2. The lowest BCUT2D eigenvalue weighted by atomic mass is 9.77. The van der Waals surface area contributed by atoms with Crippen molar-refractivity contribution >= 4 is 35.0 Å². The molecule has 3 aromatic rings. The second-order valence-corrected chi connectivity index (χ2v) is 9.66. The summed E-state index contributed by atoms with van der Waals surface area (Å²) in [7, 11) is 0. The van der Waals surface area contributed by atoms with Crippen LogP contribution in [0.3, 0.4) is 0 Å². The Kier molecular flexibility index (Phi) is 4.82. The molecular weight excluding hydrogens is 466 g/mol. The highest BCUT2D eigenvalue weighted by molar-refractivity contribution is 6.35. The van der Waals surface area contributed by atoms with Crippen LogP contribution in [0.25, 0.3) is 0 Å². The summed E-state index contributed by atoms with van der Waals surface area (Å²) in [5, 5.41) is 0.334. The highest BCUT2D eigenvalue weighted by atomic mass is 35.5. The maximum atomic E-state index is 13.8. The Bertz CT molecular complexity index is 1390. The van der Waals surface area contributed by atoms with Crippen LogP contribution in [0.4, 0.5) is 0 Å². The van der Waals surface area contributed by atoms with Crippen LogP contribution in [0.5, 0.6) is 0 Å². The number of halogens is 1. The molecule has 0 saturated carbocycles. The van der Waals surface area contributed by atoms with Gasteiger partial charge in [0.15, 0.2) is 0 Å². The standard InChI is InChI=1S/C28H20ClNO5/c1-15-10-12-16(13-11-15)14-30-26(33)21-22(27(30)34)28(35-23(21)19-8-4-5-9-20(19)29)24(31)17-6-2-3-7-18(17)25(28)32/h2-13,21-23H,14H2,1H3. The van der Waals surface area contributed by atoms with Crippen LogP contribution < -0.4 is 0 Å². The van der Waals surface area contributed by atoms with E-state index < -0.39 is 46.9 Å². The summed E-state index contributed by atoms with van der Waals surface area (Å²) in [5.41, 5.74) is 0.606. The number of imide groups is 1. The van der Waals surface area contributed by atoms with E-state index in [1.165, 1.54) is 0 Å². The van der Waals surface area contributed by atoms with E-state index in [0.29, 0.717) is 10.6 Å². The van der Waals surface area contributed by atoms with Crippen LogP contribution in [0.1, 0.15) is 43.5 Å². The average molecular weight is 486 g/mol. The quantitative estimate of drug-likeness (QED) is 0.407. The molecule has 3 aromatic carbocycles. The molecule has 3 aliphatic rings. The minimum atomic E-state index is -2.09. The first-order valence-electron chi connectivity index (χ1n) is 11.4. The monoisotopic (exact) mass is 485 g/mol. The summed E-state index contributed by atoms with van der Waals surface area (Å²) in [4.78, 5) is 56.2. The molecule has 6 rings (SSSR count). The van der Waals surface area contributed by atoms with Gasteiger partial charge in [-0.1, -0.05) is 83.9 Å². The van der Waals surface area contributed by atoms with Crippen molar-refractivity contribution in [3.05, 3.63) is 106 Å². The Balaban J connectivity index is 1.49. The number of carbonyl (C=O) groups excluding carboxylic acids is 4. The van der Waals surface area contributed by atoms with E-state index in [0.717, 1.165) is 16.0 Å². The predicted octanol–water partition coefficient (Wildman–Crippen LogP) is 4.34. The van der Waals surface area contributed by atoms with E-state index in [9.17, 15) is 19.2 Å². The SMILES string of the molecule is Cc1ccc(CN2C(=O)C3C(c4ccccc4Cl)OC4(C(=O)c5ccccc5C4=O)C3C2=O)cc1. The first-order valence-corrected chi connectivity index (χ1v) is 11.7. The molecule has 2 aliphatic heterocycles. The highest BCUT2D eigenvalue weighted by Gasteiger charge is 2.74. The van der Waals surface area contributed by atoms with Crippen LogP contribution in [0.2, 0.25) is 5.02 Å². The third-order valence-electron chi connectivity index (χ3n) is 7.28. The molecule has 2 heterocycles. The molecule has 3 unspecified atom stereocenters. The van der Waals surface area contributed by atoms with E-state index in [4.69, 9.17) is 16.3 Å². The lowest BCUT2D eigenvalue weighted by molar-refractivity contribution is -0.145. The van der Waals surface area contributed by atoms with Gasteiger partial charge >= 0.3 is 0 Å². The minimum Gasteiger partial charge on any atom is -0.349 e. The molecule has 3 atom stereocenters. The van der Waals surface area contributed by atoms with Crippen LogP contribution in [-0.4, -0.2) is 33.9 Å². The van der Waals surface area contributed by atoms with Crippen LogP contribution >= 0.6 is 11.6 Å². The summed E-state index contributed by atoms with van der Waals surface area (Å²) in [5.74, 6) is -4.53. The molecule has 2 fully saturated rings. The number of hydrogen-bond donors (Lipinski definition) is 0. The second kappa shape index (κ2) is 7.70. The molecule has 0 N–H and O–H groups in total. The number of nitrogens with zero attached hydrogens (tertiary/aromatic N) is 1. The van der Waals surface area contributed by atoms with Gasteiger partial charge in [0, 0.05) is 21.7 Å². The molecule has 174 valence electrons. The Morgan fingerprint density at radius 2 is 1.43 bits per heavy atom. The smallest absolute Gasteiger partial charge is 0.237 e. The van der Waals surface area contributed by atoms with Gasteiger partial charge in [0.2, 0.25) is 29.0 Å². The molecule has 2 amide bonds. The zero-order chi connectivity index (χ0) is 24.5. The molecule has 1 spiro atoms. The number of aryl methyl sites for hydroxylation is 1. The molecule has 0 bridgehead atoms. The molecule has 6 nitrogen and oxygen atoms in total. The second-order valence-electron chi connectivity index (χ2n) is 9.25. The number of likely N-dealkylation sites (tertiary alicyclic amines) is 1. The number of benzene rings is 3. The third-order valence-corrected chi connectivity index (χ3v) is 7.63. The fourth-order valence-corrected chi connectivity index (χ4v) is 5.84. The van der Waals surface area contributed by atoms with Crippen molar-refractivity contribution in [1.29, 1.82) is 0 Å². The van der Waals surface area contributed by atoms with E-state index in [2.05, 4.69) is 0 Å². The summed E-state index contributed by atoms with van der Waals surface area (Å²) < 4.78 is 6.25. The number of carbonyl (C=O) groups is 4. The fraction of sp³-hybridized carbons (Fsp3) is 0.214. The Labute approximate surface area is 206 Å². The zero-order valence-electron chi connectivity index (χ0n) is 18.7. The number of amides is 2. The topological polar surface area (TPSA) is 80.8 Å². The molecule has 7 heteroatoms. The van der Waals surface area contributed by atoms with E-state index in [1.807, 2.05) is 31.2 Å². The predicted molar refractivity (Wildman–Crippen MR) is 127 cm³/mol. The first-order chi connectivity index (χ1) is 16.8. The van der Waals surface area contributed by atoms with Gasteiger partial charge in [-0.25, -0.2) is 0 Å². The fourth-order valence-electron chi connectivity index (χ4n) is 5.60. The number of ether oxygens (including phenoxy) is 1. The normalized spacial score (nSPS) is 24.4. The van der Waals surface area contributed by atoms with Gasteiger partial charge in [0.1, 0.15) is 0 Å². The van der Waals surface area contributed by atoms with Crippen molar-refractivity contribution in [2.24, 2.45) is 11.8 Å². The molecule has 35 heavy (non-hydrogen) atoms. The lowest BCUT2D eigenvalue weighted by Crippen LogP contribution is -2.50. The van der Waals surface area contributed by atoms with Gasteiger partial charge < -0.3 is 4.74 Å². The van der Waals surface area contributed by atoms with Gasteiger partial charge in [-0.15, -0.1) is 0 Å². The lowest BCUT2D eigenvalue weighted by Gasteiger charge is -2.27. The third kappa shape index (κ3) is 2.93. The number of Topliss-reactive ketones (excluding diaryl/α,β-unsaturated/α-hetero) is 2. The van der Waals surface area contributed by atoms with E-state index in [-0.39, 0.29) is 17.7 Å². The molecule has 0 aromatic heterocycles. The molecule has 0 radical (unpaired) electrons. The van der Waals surface area contributed by atoms with Crippen LogP contribution in [0.15, 0.2) is 72.8 Å². The molecular formula is C28H20ClNO5. The summed E-state index contributed by atoms with van der Waals surface area (Å²) in [6.45, 7) is 2.00. The van der Waals surface area contributed by atoms with Gasteiger partial charge in [-0.3, -0.25) is 24.1 Å². The van der Waals surface area contributed by atoms with Gasteiger partial charge in [0.25, 0.3) is 0 Å². The largest absolute Gasteiger partial charge is 0.349 e. The Morgan fingerprint density at radius 3 is 2.06 bits per heavy atom. The number of hydrogen-bond acceptors (Lipinski definition) is 5. The average Bonchev–Trinajstić information content (AvgIpc) is 3.42. The molecule has 2 saturated heterocycles. The van der Waals surface area contributed by atoms with Gasteiger partial charge in [-0.2, -0.15) is 0 Å². The highest BCUT2D eigenvalue weighted by Crippen LogP contribution is 2.58. The Morgan fingerprint density at radius 1 is 0.829 bits per heavy atom. The zero-order valence-corrected chi connectivity index (χ0v) is 19.5. The Hall–Kier alpha value is -3.61.